The van der Waals surface area contributed by atoms with Crippen molar-refractivity contribution in [2.45, 2.75) is 46.1 Å². The molecule has 0 atom stereocenters. The molecule has 0 aliphatic carbocycles. The molecule has 1 aromatic heterocycles. The van der Waals surface area contributed by atoms with Gasteiger partial charge in [0.25, 0.3) is 0 Å². The standard InChI is InChI=1S/C25H27NO5/c1-15-13-20(27)16(2)24-21(15)22(28)17(3)23(31-24)19-9-11-26(12-10-19)25(29)30-14-18-7-5-4-6-8-18/h4-8,13,19,27H,9-12,14H2,1-3H3. The van der Waals surface area contributed by atoms with Gasteiger partial charge in [-0.3, -0.25) is 4.79 Å². The Bertz CT molecular complexity index is 1170. The molecule has 2 heterocycles. The van der Waals surface area contributed by atoms with Crippen LogP contribution in [0.3, 0.4) is 0 Å². The van der Waals surface area contributed by atoms with Crippen molar-refractivity contribution in [3.63, 3.8) is 0 Å². The fourth-order valence-corrected chi connectivity index (χ4v) is 4.29. The molecule has 2 aromatic carbocycles. The minimum absolute atomic E-state index is 0.0392. The molecule has 1 amide bonds. The van der Waals surface area contributed by atoms with Gasteiger partial charge >= 0.3 is 6.09 Å². The fraction of sp³-hybridized carbons (Fsp3) is 0.360. The number of aryl methyl sites for hydroxylation is 2. The predicted octanol–water partition coefficient (Wildman–Crippen LogP) is 4.94. The number of hydrogen-bond donors (Lipinski definition) is 1. The molecule has 0 radical (unpaired) electrons. The van der Waals surface area contributed by atoms with Gasteiger partial charge in [0, 0.05) is 30.1 Å². The van der Waals surface area contributed by atoms with Gasteiger partial charge in [-0.2, -0.15) is 0 Å². The second-order valence-electron chi connectivity index (χ2n) is 8.26. The molecule has 162 valence electrons. The minimum atomic E-state index is -0.324. The van der Waals surface area contributed by atoms with Gasteiger partial charge < -0.3 is 19.2 Å². The second-order valence-corrected chi connectivity index (χ2v) is 8.26. The summed E-state index contributed by atoms with van der Waals surface area (Å²) in [7, 11) is 0. The summed E-state index contributed by atoms with van der Waals surface area (Å²) in [5, 5.41) is 10.7. The van der Waals surface area contributed by atoms with Crippen LogP contribution in [0, 0.1) is 20.8 Å². The molecular formula is C25H27NO5. The largest absolute Gasteiger partial charge is 0.508 e. The van der Waals surface area contributed by atoms with Gasteiger partial charge in [0.2, 0.25) is 0 Å². The number of likely N-dealkylation sites (tertiary alicyclic amines) is 1. The van der Waals surface area contributed by atoms with Crippen LogP contribution >= 0.6 is 0 Å². The van der Waals surface area contributed by atoms with Gasteiger partial charge in [0.1, 0.15) is 23.7 Å². The summed E-state index contributed by atoms with van der Waals surface area (Å²) in [6.07, 6.45) is 1.05. The van der Waals surface area contributed by atoms with Crippen molar-refractivity contribution >= 4 is 17.1 Å². The summed E-state index contributed by atoms with van der Waals surface area (Å²) < 4.78 is 11.6. The van der Waals surface area contributed by atoms with Crippen molar-refractivity contribution in [1.29, 1.82) is 0 Å². The summed E-state index contributed by atoms with van der Waals surface area (Å²) in [6, 6.07) is 11.2. The molecule has 6 heteroatoms. The van der Waals surface area contributed by atoms with Crippen molar-refractivity contribution in [1.82, 2.24) is 4.90 Å². The van der Waals surface area contributed by atoms with Crippen LogP contribution in [0.15, 0.2) is 45.6 Å². The average molecular weight is 421 g/mol. The topological polar surface area (TPSA) is 80.0 Å². The highest BCUT2D eigenvalue weighted by Gasteiger charge is 2.29. The van der Waals surface area contributed by atoms with E-state index < -0.39 is 0 Å². The lowest BCUT2D eigenvalue weighted by molar-refractivity contribution is 0.0859. The molecule has 1 fully saturated rings. The van der Waals surface area contributed by atoms with E-state index in [1.165, 1.54) is 0 Å². The normalized spacial score (nSPS) is 14.7. The molecule has 31 heavy (non-hydrogen) atoms. The van der Waals surface area contributed by atoms with Crippen molar-refractivity contribution in [2.24, 2.45) is 0 Å². The number of hydrogen-bond acceptors (Lipinski definition) is 5. The van der Waals surface area contributed by atoms with E-state index in [4.69, 9.17) is 9.15 Å². The first kappa shape index (κ1) is 21.0. The molecule has 0 bridgehead atoms. The Balaban J connectivity index is 1.50. The first-order valence-corrected chi connectivity index (χ1v) is 10.6. The van der Waals surface area contributed by atoms with E-state index in [1.54, 1.807) is 31.7 Å². The first-order chi connectivity index (χ1) is 14.9. The van der Waals surface area contributed by atoms with E-state index in [0.29, 0.717) is 59.4 Å². The first-order valence-electron chi connectivity index (χ1n) is 10.6. The number of rotatable bonds is 3. The van der Waals surface area contributed by atoms with Crippen LogP contribution in [0.2, 0.25) is 0 Å². The summed E-state index contributed by atoms with van der Waals surface area (Å²) in [4.78, 5) is 27.2. The highest BCUT2D eigenvalue weighted by atomic mass is 16.6. The predicted molar refractivity (Wildman–Crippen MR) is 119 cm³/mol. The zero-order valence-electron chi connectivity index (χ0n) is 18.1. The number of fused-ring (bicyclic) bond motifs is 1. The number of amides is 1. The van der Waals surface area contributed by atoms with Gasteiger partial charge in [-0.1, -0.05) is 30.3 Å². The third-order valence-corrected chi connectivity index (χ3v) is 6.18. The Labute approximate surface area is 181 Å². The highest BCUT2D eigenvalue weighted by molar-refractivity contribution is 5.85. The van der Waals surface area contributed by atoms with Crippen LogP contribution in [0.25, 0.3) is 11.0 Å². The van der Waals surface area contributed by atoms with E-state index >= 15 is 0 Å². The van der Waals surface area contributed by atoms with Gasteiger partial charge in [-0.25, -0.2) is 4.79 Å². The summed E-state index contributed by atoms with van der Waals surface area (Å²) in [5.41, 5.74) is 3.23. The molecule has 1 aliphatic heterocycles. The molecule has 4 rings (SSSR count). The Morgan fingerprint density at radius 1 is 1.13 bits per heavy atom. The summed E-state index contributed by atoms with van der Waals surface area (Å²) in [6.45, 7) is 6.68. The lowest BCUT2D eigenvalue weighted by atomic mass is 9.91. The van der Waals surface area contributed by atoms with E-state index in [0.717, 1.165) is 5.56 Å². The molecule has 1 aliphatic rings. The van der Waals surface area contributed by atoms with Crippen molar-refractivity contribution < 1.29 is 19.1 Å². The highest BCUT2D eigenvalue weighted by Crippen LogP contribution is 2.35. The van der Waals surface area contributed by atoms with Crippen LogP contribution in [0.4, 0.5) is 4.79 Å². The number of carbonyl (C=O) groups is 1. The van der Waals surface area contributed by atoms with Gasteiger partial charge in [-0.15, -0.1) is 0 Å². The number of ether oxygens (including phenoxy) is 1. The van der Waals surface area contributed by atoms with Crippen LogP contribution < -0.4 is 5.43 Å². The smallest absolute Gasteiger partial charge is 0.410 e. The number of aromatic hydroxyl groups is 1. The van der Waals surface area contributed by atoms with Crippen LogP contribution in [-0.2, 0) is 11.3 Å². The number of benzene rings is 2. The minimum Gasteiger partial charge on any atom is -0.508 e. The molecule has 1 saturated heterocycles. The maximum absolute atomic E-state index is 13.0. The molecule has 3 aromatic rings. The average Bonchev–Trinajstić information content (AvgIpc) is 2.78. The second kappa shape index (κ2) is 8.46. The number of phenols is 1. The number of nitrogens with zero attached hydrogens (tertiary/aromatic N) is 1. The van der Waals surface area contributed by atoms with E-state index in [9.17, 15) is 14.7 Å². The maximum Gasteiger partial charge on any atom is 0.410 e. The van der Waals surface area contributed by atoms with Crippen molar-refractivity contribution in [3.05, 3.63) is 74.6 Å². The Morgan fingerprint density at radius 3 is 2.48 bits per heavy atom. The van der Waals surface area contributed by atoms with Crippen LogP contribution in [0.1, 0.15) is 46.8 Å². The molecule has 0 spiro atoms. The lowest BCUT2D eigenvalue weighted by Crippen LogP contribution is -2.38. The third kappa shape index (κ3) is 4.02. The summed E-state index contributed by atoms with van der Waals surface area (Å²) >= 11 is 0. The molecular weight excluding hydrogens is 394 g/mol. The maximum atomic E-state index is 13.0. The molecule has 0 unspecified atom stereocenters. The number of phenolic OH excluding ortho intramolecular Hbond substituents is 1. The monoisotopic (exact) mass is 421 g/mol. The quantitative estimate of drug-likeness (QED) is 0.648. The third-order valence-electron chi connectivity index (χ3n) is 6.18. The van der Waals surface area contributed by atoms with E-state index in [1.807, 2.05) is 30.3 Å². The fourth-order valence-electron chi connectivity index (χ4n) is 4.29. The van der Waals surface area contributed by atoms with Crippen LogP contribution in [-0.4, -0.2) is 29.2 Å². The van der Waals surface area contributed by atoms with Crippen molar-refractivity contribution in [3.8, 4) is 5.75 Å². The van der Waals surface area contributed by atoms with E-state index in [-0.39, 0.29) is 29.8 Å². The van der Waals surface area contributed by atoms with Gasteiger partial charge in [-0.05, 0) is 50.8 Å². The SMILES string of the molecule is Cc1c(C2CCN(C(=O)OCc3ccccc3)CC2)oc2c(C)c(O)cc(C)c2c1=O. The zero-order valence-corrected chi connectivity index (χ0v) is 18.1. The van der Waals surface area contributed by atoms with E-state index in [2.05, 4.69) is 0 Å². The Hall–Kier alpha value is -3.28. The van der Waals surface area contributed by atoms with Gasteiger partial charge in [0.05, 0.1) is 5.39 Å². The molecule has 0 saturated carbocycles. The Kier molecular flexibility index (Phi) is 5.72. The van der Waals surface area contributed by atoms with Crippen LogP contribution in [0.5, 0.6) is 5.75 Å². The summed E-state index contributed by atoms with van der Waals surface area (Å²) in [5.74, 6) is 0.819. The number of carbonyl (C=O) groups excluding carboxylic acids is 1. The van der Waals surface area contributed by atoms with Gasteiger partial charge in [0.15, 0.2) is 5.43 Å². The number of piperidine rings is 1. The Morgan fingerprint density at radius 2 is 1.81 bits per heavy atom. The molecule has 1 N–H and O–H groups in total. The molecule has 6 nitrogen and oxygen atoms in total. The van der Waals surface area contributed by atoms with Crippen molar-refractivity contribution in [2.75, 3.05) is 13.1 Å². The lowest BCUT2D eigenvalue weighted by Gasteiger charge is -2.31. The zero-order chi connectivity index (χ0) is 22.1.